The highest BCUT2D eigenvalue weighted by Gasteiger charge is 2.54. The van der Waals surface area contributed by atoms with Crippen LogP contribution in [0.2, 0.25) is 5.02 Å². The van der Waals surface area contributed by atoms with Crippen molar-refractivity contribution in [1.82, 2.24) is 45.5 Å². The quantitative estimate of drug-likeness (QED) is 0.0385. The van der Waals surface area contributed by atoms with Gasteiger partial charge in [-0.3, -0.25) is 19.3 Å². The fourth-order valence-corrected chi connectivity index (χ4v) is 6.92. The summed E-state index contributed by atoms with van der Waals surface area (Å²) in [5.74, 6) is -3.79. The van der Waals surface area contributed by atoms with Gasteiger partial charge in [0.25, 0.3) is 17.7 Å². The number of carbonyl (C=O) groups is 4. The molecule has 20 nitrogen and oxygen atoms in total. The number of H-pyrrole nitrogens is 1. The lowest BCUT2D eigenvalue weighted by molar-refractivity contribution is -0.884. The number of oxime groups is 1. The number of carboxylic acids is 1. The van der Waals surface area contributed by atoms with E-state index in [4.69, 9.17) is 22.2 Å². The number of halogens is 1. The van der Waals surface area contributed by atoms with Gasteiger partial charge < -0.3 is 41.0 Å². The van der Waals surface area contributed by atoms with E-state index in [1.54, 1.807) is 0 Å². The van der Waals surface area contributed by atoms with Crippen molar-refractivity contribution in [2.24, 2.45) is 5.16 Å². The largest absolute Gasteiger partial charge is 0.504 e. The Hall–Kier alpha value is -5.06. The highest BCUT2D eigenvalue weighted by Crippen LogP contribution is 2.43. The van der Waals surface area contributed by atoms with Gasteiger partial charge in [-0.05, 0) is 36.4 Å². The lowest BCUT2D eigenvalue weighted by Gasteiger charge is -2.50. The number of nitrogens with one attached hydrogen (secondary N) is 3. The second kappa shape index (κ2) is 14.0. The van der Waals surface area contributed by atoms with Crippen molar-refractivity contribution >= 4 is 75.1 Å². The van der Waals surface area contributed by atoms with E-state index in [2.05, 4.69) is 45.8 Å². The van der Waals surface area contributed by atoms with Crippen LogP contribution >= 0.6 is 34.9 Å². The number of aromatic nitrogens is 6. The van der Waals surface area contributed by atoms with E-state index in [0.717, 1.165) is 17.1 Å². The number of nitrogens with zero attached hydrogens (tertiary/aromatic N) is 8. The van der Waals surface area contributed by atoms with Crippen LogP contribution in [-0.2, 0) is 19.2 Å². The number of aromatic hydroxyl groups is 2. The number of carboxylic acid groups (broad SMARTS) is 1. The standard InChI is InChI=1S/C27H31ClN12O8S2/c1-27(2,25(46)47)48-35-15(19-32-26(29)50-36-19)22(44)31-16-23(45)39-17(20-33-37-38-34-20)11(10-49-24(16)39)9-40(3,4)8-7-30-21(43)12-5-6-13(41)18(42)14(12)28/h5-6,16,24H,7-10H2,1-4H3,(H7-,29,30,31,32,33,34,35,36,37,38,41,42,43,44,46,47)/p+1/t16-,24-/m1/s1. The molecule has 23 heteroatoms. The van der Waals surface area contributed by atoms with Crippen LogP contribution in [0.25, 0.3) is 5.70 Å². The lowest BCUT2D eigenvalue weighted by atomic mass is 10.0. The van der Waals surface area contributed by atoms with E-state index in [1.165, 1.54) is 42.6 Å². The van der Waals surface area contributed by atoms with Crippen molar-refractivity contribution < 1.29 is 43.8 Å². The molecule has 2 aliphatic heterocycles. The van der Waals surface area contributed by atoms with E-state index in [-0.39, 0.29) is 33.9 Å². The molecule has 0 bridgehead atoms. The number of nitrogens with two attached hydrogens (primary N) is 1. The molecule has 50 heavy (non-hydrogen) atoms. The molecule has 1 fully saturated rings. The van der Waals surface area contributed by atoms with Gasteiger partial charge in [0, 0.05) is 22.9 Å². The van der Waals surface area contributed by atoms with Gasteiger partial charge in [0.1, 0.15) is 18.0 Å². The number of phenols is 2. The summed E-state index contributed by atoms with van der Waals surface area (Å²) in [6.07, 6.45) is 0. The molecule has 0 saturated carbocycles. The summed E-state index contributed by atoms with van der Waals surface area (Å²) in [5.41, 5.74) is 4.70. The topological polar surface area (TPSA) is 284 Å². The maximum atomic E-state index is 13.7. The van der Waals surface area contributed by atoms with Crippen LogP contribution in [0.15, 0.2) is 22.9 Å². The van der Waals surface area contributed by atoms with E-state index < -0.39 is 57.9 Å². The van der Waals surface area contributed by atoms with Crippen molar-refractivity contribution in [3.05, 3.63) is 39.9 Å². The maximum absolute atomic E-state index is 13.7. The molecule has 0 spiro atoms. The van der Waals surface area contributed by atoms with Crippen LogP contribution in [0.5, 0.6) is 11.5 Å². The number of rotatable bonds is 13. The van der Waals surface area contributed by atoms with E-state index in [1.807, 2.05) is 14.1 Å². The molecule has 8 N–H and O–H groups in total. The van der Waals surface area contributed by atoms with Gasteiger partial charge in [-0.15, -0.1) is 16.9 Å². The van der Waals surface area contributed by atoms with Gasteiger partial charge in [0.2, 0.25) is 17.1 Å². The third-order valence-corrected chi connectivity index (χ3v) is 9.88. The Balaban J connectivity index is 1.30. The first-order valence-corrected chi connectivity index (χ1v) is 16.8. The van der Waals surface area contributed by atoms with Crippen molar-refractivity contribution in [2.45, 2.75) is 30.9 Å². The number of aliphatic carboxylic acids is 1. The molecule has 266 valence electrons. The molecule has 2 aliphatic rings. The normalized spacial score (nSPS) is 18.0. The molecule has 2 aromatic heterocycles. The Bertz CT molecular complexity index is 1900. The minimum atomic E-state index is -1.79. The maximum Gasteiger partial charge on any atom is 0.350 e. The molecule has 2 atom stereocenters. The van der Waals surface area contributed by atoms with Gasteiger partial charge in [-0.25, -0.2) is 9.89 Å². The van der Waals surface area contributed by atoms with Gasteiger partial charge in [-0.2, -0.15) is 9.36 Å². The molecule has 3 amide bonds. The Labute approximate surface area is 296 Å². The molecular formula is C27H32ClN12O8S2+. The number of tetrazole rings is 1. The molecule has 1 aromatic carbocycles. The molecular weight excluding hydrogens is 720 g/mol. The third kappa shape index (κ3) is 7.41. The molecule has 0 radical (unpaired) electrons. The molecule has 5 rings (SSSR count). The average molecular weight is 752 g/mol. The molecule has 0 unspecified atom stereocenters. The zero-order chi connectivity index (χ0) is 36.5. The predicted octanol–water partition coefficient (Wildman–Crippen LogP) is -0.400. The summed E-state index contributed by atoms with van der Waals surface area (Å²) in [4.78, 5) is 61.9. The number of nitrogen functional groups attached to an aromatic ring is 1. The molecule has 1 saturated heterocycles. The predicted molar refractivity (Wildman–Crippen MR) is 179 cm³/mol. The number of fused-ring (bicyclic) bond motifs is 1. The minimum Gasteiger partial charge on any atom is -0.504 e. The number of carbonyl (C=O) groups excluding carboxylic acids is 3. The lowest BCUT2D eigenvalue weighted by Crippen LogP contribution is -2.70. The third-order valence-electron chi connectivity index (χ3n) is 7.61. The van der Waals surface area contributed by atoms with Gasteiger partial charge >= 0.3 is 5.97 Å². The van der Waals surface area contributed by atoms with Gasteiger partial charge in [0.15, 0.2) is 22.5 Å². The zero-order valence-electron chi connectivity index (χ0n) is 26.9. The van der Waals surface area contributed by atoms with Crippen LogP contribution in [0.3, 0.4) is 0 Å². The summed E-state index contributed by atoms with van der Waals surface area (Å²) >= 11 is 8.21. The number of likely N-dealkylation sites (N-methyl/N-ethyl adjacent to an activating group) is 1. The number of β-lactam (4-membered cyclic amide) rings is 1. The number of amides is 3. The second-order valence-corrected chi connectivity index (χ2v) is 14.5. The molecule has 3 aromatic rings. The van der Waals surface area contributed by atoms with Crippen molar-refractivity contribution in [3.8, 4) is 11.5 Å². The van der Waals surface area contributed by atoms with E-state index in [0.29, 0.717) is 29.0 Å². The number of benzene rings is 1. The summed E-state index contributed by atoms with van der Waals surface area (Å²) in [5, 5.41) is 51.3. The van der Waals surface area contributed by atoms with Crippen LogP contribution in [-0.4, -0.2) is 141 Å². The molecule has 0 aliphatic carbocycles. The van der Waals surface area contributed by atoms with Crippen LogP contribution < -0.4 is 16.4 Å². The minimum absolute atomic E-state index is 0.00439. The van der Waals surface area contributed by atoms with E-state index in [9.17, 15) is 34.5 Å². The summed E-state index contributed by atoms with van der Waals surface area (Å²) in [6, 6.07) is 1.46. The SMILES string of the molecule is CC(C)(O/N=C(\C(=O)N[C@@H]1C(=O)N2C(c3nnn[nH]3)=C(C[N+](C)(C)CCNC(=O)c3ccc(O)c(O)c3Cl)CS[C@H]12)c1nsc(N)n1)C(=O)O. The number of phenolic OH excluding ortho intramolecular Hbond substituents is 2. The zero-order valence-corrected chi connectivity index (χ0v) is 29.3. The van der Waals surface area contributed by atoms with E-state index >= 15 is 0 Å². The Morgan fingerprint density at radius 2 is 2.02 bits per heavy atom. The first-order chi connectivity index (χ1) is 23.5. The van der Waals surface area contributed by atoms with Crippen LogP contribution in [0.1, 0.15) is 35.9 Å². The van der Waals surface area contributed by atoms with Crippen LogP contribution in [0, 0.1) is 0 Å². The number of thioether (sulfide) groups is 1. The first-order valence-electron chi connectivity index (χ1n) is 14.6. The number of anilines is 1. The van der Waals surface area contributed by atoms with Crippen molar-refractivity contribution in [1.29, 1.82) is 0 Å². The Morgan fingerprint density at radius 3 is 2.66 bits per heavy atom. The number of quaternary nitrogens is 1. The second-order valence-electron chi connectivity index (χ2n) is 12.2. The highest BCUT2D eigenvalue weighted by molar-refractivity contribution is 8.00. The van der Waals surface area contributed by atoms with Crippen molar-refractivity contribution in [2.75, 3.05) is 45.2 Å². The summed E-state index contributed by atoms with van der Waals surface area (Å²) in [6.45, 7) is 3.56. The smallest absolute Gasteiger partial charge is 0.350 e. The fraction of sp³-hybridized carbons (Fsp3) is 0.407. The summed E-state index contributed by atoms with van der Waals surface area (Å²) < 4.78 is 4.34. The van der Waals surface area contributed by atoms with Crippen molar-refractivity contribution in [3.63, 3.8) is 0 Å². The van der Waals surface area contributed by atoms with Gasteiger partial charge in [-0.1, -0.05) is 16.8 Å². The number of hydrogen-bond donors (Lipinski definition) is 7. The first kappa shape index (κ1) is 36.2. The summed E-state index contributed by atoms with van der Waals surface area (Å²) in [7, 11) is 3.86. The van der Waals surface area contributed by atoms with Gasteiger partial charge in [0.05, 0.1) is 43.5 Å². The highest BCUT2D eigenvalue weighted by atomic mass is 35.5. The monoisotopic (exact) mass is 751 g/mol. The van der Waals surface area contributed by atoms with Crippen LogP contribution in [0.4, 0.5) is 5.13 Å². The number of hydrogen-bond acceptors (Lipinski definition) is 16. The Morgan fingerprint density at radius 1 is 1.28 bits per heavy atom. The number of aromatic amines is 1. The average Bonchev–Trinajstić information content (AvgIpc) is 3.74. The fourth-order valence-electron chi connectivity index (χ4n) is 4.91. The Kier molecular flexibility index (Phi) is 10.2. The molecule has 4 heterocycles.